The number of hydrogen-bond donors (Lipinski definition) is 0. The Hall–Kier alpha value is -5.34. The molecular weight excluding hydrogens is 733 g/mol. The molecule has 4 unspecified atom stereocenters. The van der Waals surface area contributed by atoms with Gasteiger partial charge >= 0.3 is 0 Å². The van der Waals surface area contributed by atoms with E-state index in [-0.39, 0.29) is 11.8 Å². The third kappa shape index (κ3) is 5.06. The van der Waals surface area contributed by atoms with E-state index in [9.17, 15) is 0 Å². The van der Waals surface area contributed by atoms with E-state index in [0.717, 1.165) is 31.9 Å². The summed E-state index contributed by atoms with van der Waals surface area (Å²) >= 11 is 4.76. The van der Waals surface area contributed by atoms with Crippen molar-refractivity contribution in [3.05, 3.63) is 145 Å². The molecule has 3 aromatic heterocycles. The molecule has 4 nitrogen and oxygen atoms in total. The second-order valence-electron chi connectivity index (χ2n) is 15.4. The van der Waals surface area contributed by atoms with Crippen molar-refractivity contribution in [1.82, 2.24) is 8.75 Å². The number of thiophene rings is 2. The maximum Gasteiger partial charge on any atom is 0.174 e. The molecular formula is C48H36N2O2S3. The minimum atomic E-state index is -0.742. The summed E-state index contributed by atoms with van der Waals surface area (Å²) in [6, 6.07) is 39.3. The van der Waals surface area contributed by atoms with Crippen LogP contribution in [0, 0.1) is 11.8 Å². The molecule has 0 radical (unpaired) electrons. The number of ether oxygens (including phenoxy) is 2. The van der Waals surface area contributed by atoms with Gasteiger partial charge in [0.15, 0.2) is 22.7 Å². The molecule has 4 atom stereocenters. The molecule has 0 bridgehead atoms. The smallest absolute Gasteiger partial charge is 0.174 e. The molecule has 0 fully saturated rings. The van der Waals surface area contributed by atoms with E-state index in [1.807, 2.05) is 0 Å². The van der Waals surface area contributed by atoms with Gasteiger partial charge in [-0.2, -0.15) is 8.75 Å². The SMILES string of the molecule is CC1C=CC2(C)Oc3c(c(-c4ccc(-c5ccc6ccccc6c5)s4)c4nsnc4c3-c3ccc(-c4ccc5ccccc5c4)s3)OC3(C)C=CC(C)C1=C23. The summed E-state index contributed by atoms with van der Waals surface area (Å²) < 4.78 is 25.1. The van der Waals surface area contributed by atoms with Crippen LogP contribution in [0.2, 0.25) is 0 Å². The van der Waals surface area contributed by atoms with Crippen LogP contribution in [0.5, 0.6) is 11.5 Å². The minimum absolute atomic E-state index is 0.268. The molecule has 0 spiro atoms. The Kier molecular flexibility index (Phi) is 7.26. The molecule has 5 aromatic carbocycles. The van der Waals surface area contributed by atoms with Crippen molar-refractivity contribution in [2.45, 2.75) is 38.9 Å². The molecule has 1 aliphatic heterocycles. The summed E-state index contributed by atoms with van der Waals surface area (Å²) in [5, 5.41) is 4.92. The van der Waals surface area contributed by atoms with Gasteiger partial charge in [-0.1, -0.05) is 98.8 Å². The first-order valence-electron chi connectivity index (χ1n) is 18.8. The van der Waals surface area contributed by atoms with Crippen molar-refractivity contribution in [1.29, 1.82) is 0 Å². The molecule has 0 saturated carbocycles. The quantitative estimate of drug-likeness (QED) is 0.167. The Labute approximate surface area is 332 Å². The average molecular weight is 769 g/mol. The van der Waals surface area contributed by atoms with E-state index in [4.69, 9.17) is 18.2 Å². The molecule has 55 heavy (non-hydrogen) atoms. The predicted molar refractivity (Wildman–Crippen MR) is 232 cm³/mol. The maximum absolute atomic E-state index is 7.53. The topological polar surface area (TPSA) is 44.2 Å². The molecule has 4 heterocycles. The molecule has 0 N–H and O–H groups in total. The summed E-state index contributed by atoms with van der Waals surface area (Å²) in [6.07, 6.45) is 9.12. The van der Waals surface area contributed by atoms with Gasteiger partial charge in [0.25, 0.3) is 0 Å². The zero-order chi connectivity index (χ0) is 37.1. The van der Waals surface area contributed by atoms with E-state index < -0.39 is 11.2 Å². The fraction of sp³-hybridized carbons (Fsp3) is 0.167. The maximum atomic E-state index is 7.53. The first kappa shape index (κ1) is 33.0. The monoisotopic (exact) mass is 768 g/mol. The first-order valence-corrected chi connectivity index (χ1v) is 21.2. The molecule has 0 amide bonds. The standard InChI is InChI=1S/C48H36N2O2S3/c1-27-21-23-47(3)46-39(27)28(2)22-24-48(46,4)52-45-41(38-20-18-36(54-38)34-16-14-30-10-6-8-12-32(30)26-34)43-42(49-55-50-43)40(44(45)51-47)37-19-17-35(53-37)33-15-13-29-9-5-7-11-31(29)25-33/h5-28H,1-4H3. The van der Waals surface area contributed by atoms with E-state index in [2.05, 4.69) is 161 Å². The number of nitrogens with zero attached hydrogens (tertiary/aromatic N) is 2. The summed E-state index contributed by atoms with van der Waals surface area (Å²) in [4.78, 5) is 4.51. The predicted octanol–water partition coefficient (Wildman–Crippen LogP) is 13.8. The molecule has 8 aromatic rings. The Morgan fingerprint density at radius 1 is 0.527 bits per heavy atom. The molecule has 11 rings (SSSR count). The van der Waals surface area contributed by atoms with Crippen LogP contribution in [0.1, 0.15) is 27.7 Å². The van der Waals surface area contributed by atoms with Gasteiger partial charge in [0.2, 0.25) is 0 Å². The van der Waals surface area contributed by atoms with Crippen LogP contribution in [0.25, 0.3) is 74.3 Å². The second kappa shape index (κ2) is 12.1. The van der Waals surface area contributed by atoms with Gasteiger partial charge < -0.3 is 9.47 Å². The van der Waals surface area contributed by atoms with Crippen LogP contribution >= 0.6 is 34.4 Å². The number of rotatable bonds is 4. The third-order valence-corrected chi connectivity index (χ3v) is 14.5. The van der Waals surface area contributed by atoms with Crippen LogP contribution in [-0.4, -0.2) is 19.9 Å². The van der Waals surface area contributed by atoms with Crippen LogP contribution in [0.3, 0.4) is 0 Å². The summed E-state index contributed by atoms with van der Waals surface area (Å²) in [5.74, 6) is 1.97. The highest BCUT2D eigenvalue weighted by atomic mass is 32.1. The first-order chi connectivity index (χ1) is 26.8. The Bertz CT molecular complexity index is 2780. The lowest BCUT2D eigenvalue weighted by molar-refractivity contribution is 0.130. The number of aromatic nitrogens is 2. The van der Waals surface area contributed by atoms with Crippen LogP contribution in [-0.2, 0) is 0 Å². The van der Waals surface area contributed by atoms with Crippen molar-refractivity contribution < 1.29 is 9.47 Å². The third-order valence-electron chi connectivity index (χ3n) is 11.7. The van der Waals surface area contributed by atoms with Crippen molar-refractivity contribution in [3.8, 4) is 53.3 Å². The Morgan fingerprint density at radius 2 is 0.964 bits per heavy atom. The lowest BCUT2D eigenvalue weighted by Crippen LogP contribution is -2.49. The lowest BCUT2D eigenvalue weighted by atomic mass is 9.67. The van der Waals surface area contributed by atoms with Crippen molar-refractivity contribution in [3.63, 3.8) is 0 Å². The molecule has 2 aliphatic carbocycles. The van der Waals surface area contributed by atoms with Gasteiger partial charge in [0.1, 0.15) is 11.0 Å². The average Bonchev–Trinajstić information content (AvgIpc) is 3.99. The zero-order valence-electron chi connectivity index (χ0n) is 30.8. The molecule has 3 aliphatic rings. The number of allylic oxidation sites excluding steroid dienone is 3. The van der Waals surface area contributed by atoms with Gasteiger partial charge in [0.05, 0.1) is 22.9 Å². The second-order valence-corrected chi connectivity index (χ2v) is 18.1. The molecule has 7 heteroatoms. The van der Waals surface area contributed by atoms with Crippen LogP contribution in [0.15, 0.2) is 145 Å². The Balaban J connectivity index is 1.15. The summed E-state index contributed by atoms with van der Waals surface area (Å²) in [6.45, 7) is 8.98. The van der Waals surface area contributed by atoms with Gasteiger partial charge in [-0.05, 0) is 112 Å². The lowest BCUT2D eigenvalue weighted by Gasteiger charge is -2.45. The van der Waals surface area contributed by atoms with E-state index in [0.29, 0.717) is 11.5 Å². The van der Waals surface area contributed by atoms with Crippen molar-refractivity contribution in [2.75, 3.05) is 0 Å². The van der Waals surface area contributed by atoms with Gasteiger partial charge in [-0.25, -0.2) is 0 Å². The van der Waals surface area contributed by atoms with Crippen LogP contribution < -0.4 is 9.47 Å². The largest absolute Gasteiger partial charge is 0.474 e. The summed E-state index contributed by atoms with van der Waals surface area (Å²) in [5.41, 5.74) is 6.97. The minimum Gasteiger partial charge on any atom is -0.474 e. The number of benzene rings is 5. The van der Waals surface area contributed by atoms with E-state index >= 15 is 0 Å². The highest BCUT2D eigenvalue weighted by molar-refractivity contribution is 7.19. The van der Waals surface area contributed by atoms with E-state index in [1.54, 1.807) is 22.7 Å². The van der Waals surface area contributed by atoms with Crippen molar-refractivity contribution in [2.24, 2.45) is 11.8 Å². The number of hydrogen-bond acceptors (Lipinski definition) is 7. The van der Waals surface area contributed by atoms with Gasteiger partial charge in [-0.3, -0.25) is 0 Å². The molecule has 268 valence electrons. The van der Waals surface area contributed by atoms with E-state index in [1.165, 1.54) is 65.3 Å². The van der Waals surface area contributed by atoms with Gasteiger partial charge in [0, 0.05) is 25.1 Å². The zero-order valence-corrected chi connectivity index (χ0v) is 33.2. The highest BCUT2D eigenvalue weighted by Gasteiger charge is 2.52. The van der Waals surface area contributed by atoms with Gasteiger partial charge in [-0.15, -0.1) is 22.7 Å². The Morgan fingerprint density at radius 3 is 1.44 bits per heavy atom. The fourth-order valence-corrected chi connectivity index (χ4v) is 11.8. The fourth-order valence-electron chi connectivity index (χ4n) is 9.11. The summed E-state index contributed by atoms with van der Waals surface area (Å²) in [7, 11) is 0. The molecule has 0 saturated heterocycles. The highest BCUT2D eigenvalue weighted by Crippen LogP contribution is 2.60. The number of fused-ring (bicyclic) bond motifs is 4. The van der Waals surface area contributed by atoms with Crippen LogP contribution in [0.4, 0.5) is 0 Å². The van der Waals surface area contributed by atoms with Crippen molar-refractivity contribution >= 4 is 67.0 Å². The normalized spacial score (nSPS) is 22.8.